The Balaban J connectivity index is 1.30. The van der Waals surface area contributed by atoms with Gasteiger partial charge in [0.2, 0.25) is 0 Å². The van der Waals surface area contributed by atoms with E-state index in [1.54, 1.807) is 5.57 Å². The highest BCUT2D eigenvalue weighted by Crippen LogP contribution is 2.63. The average Bonchev–Trinajstić information content (AvgIpc) is 3.54. The summed E-state index contributed by atoms with van der Waals surface area (Å²) in [4.78, 5) is 0. The van der Waals surface area contributed by atoms with Gasteiger partial charge in [-0.1, -0.05) is 118 Å². The summed E-state index contributed by atoms with van der Waals surface area (Å²) < 4.78 is 27.2. The highest BCUT2D eigenvalue weighted by molar-refractivity contribution is 6.74. The first-order valence-corrected chi connectivity index (χ1v) is 28.3. The van der Waals surface area contributed by atoms with Gasteiger partial charge in [-0.2, -0.15) is 0 Å². The van der Waals surface area contributed by atoms with E-state index in [0.717, 1.165) is 44.8 Å². The van der Waals surface area contributed by atoms with E-state index < -0.39 is 16.6 Å². The maximum absolute atomic E-state index is 7.14. The lowest BCUT2D eigenvalue weighted by molar-refractivity contribution is -0.211. The molecule has 5 rings (SSSR count). The maximum Gasteiger partial charge on any atom is 0.192 e. The molecular formula is C48H84O4Si2. The zero-order chi connectivity index (χ0) is 39.8. The van der Waals surface area contributed by atoms with Gasteiger partial charge in [0, 0.05) is 18.3 Å². The highest BCUT2D eigenvalue weighted by atomic mass is 28.4. The standard InChI is InChI=1S/C48H84O4Si2/c1-15-16-17-18-29-48(49-32-33-50-48)47(30-31-47)28-19-21-36(2)41-25-26-42-38(22-20-27-46(41,42)10)23-24-39-34-40(51-53(11,12)44(4,5)6)35-43(37(39)3)52-54(13,14)45(7,8)9/h19,21,23-24,36,40-43H,3,15-18,20,22,25-35H2,1-2,4-14H3/t36-,40-,41-,42+,43+,46-/m1/s1. The largest absolute Gasteiger partial charge is 0.413 e. The summed E-state index contributed by atoms with van der Waals surface area (Å²) in [6.07, 6.45) is 28.4. The van der Waals surface area contributed by atoms with Crippen LogP contribution < -0.4 is 0 Å². The molecule has 5 aliphatic rings. The zero-order valence-corrected chi connectivity index (χ0v) is 39.6. The third kappa shape index (κ3) is 9.41. The fourth-order valence-electron chi connectivity index (χ4n) is 10.4. The molecule has 0 aromatic rings. The summed E-state index contributed by atoms with van der Waals surface area (Å²) in [5.74, 6) is 1.63. The lowest BCUT2D eigenvalue weighted by atomic mass is 9.61. The molecule has 5 fully saturated rings. The van der Waals surface area contributed by atoms with Crippen LogP contribution in [0.1, 0.15) is 159 Å². The number of unbranched alkanes of at least 4 members (excludes halogenated alkanes) is 3. The van der Waals surface area contributed by atoms with E-state index in [9.17, 15) is 0 Å². The second-order valence-corrected chi connectivity index (χ2v) is 31.4. The van der Waals surface area contributed by atoms with E-state index in [1.807, 2.05) is 0 Å². The van der Waals surface area contributed by atoms with Crippen molar-refractivity contribution >= 4 is 16.6 Å². The molecule has 54 heavy (non-hydrogen) atoms. The van der Waals surface area contributed by atoms with E-state index in [-0.39, 0.29) is 33.5 Å². The topological polar surface area (TPSA) is 36.9 Å². The molecule has 0 unspecified atom stereocenters. The average molecular weight is 781 g/mol. The van der Waals surface area contributed by atoms with Crippen molar-refractivity contribution in [3.05, 3.63) is 47.6 Å². The third-order valence-electron chi connectivity index (χ3n) is 16.1. The molecule has 1 heterocycles. The SMILES string of the molecule is C=C1C(=CC=C2CCC[C@]3(C)[C@@H]([C@H](C)C=CCC4(C5(CCCCCC)OCCO5)CC4)CC[C@@H]23)C[C@@H](O[Si](C)(C)C(C)(C)C)C[C@@H]1O[Si](C)(C)C(C)(C)C. The van der Waals surface area contributed by atoms with Crippen LogP contribution in [0, 0.1) is 28.6 Å². The van der Waals surface area contributed by atoms with E-state index >= 15 is 0 Å². The van der Waals surface area contributed by atoms with Gasteiger partial charge in [0.15, 0.2) is 22.4 Å². The van der Waals surface area contributed by atoms with Crippen LogP contribution in [-0.4, -0.2) is 47.8 Å². The first-order valence-electron chi connectivity index (χ1n) is 22.5. The van der Waals surface area contributed by atoms with E-state index in [0.29, 0.717) is 17.3 Å². The Labute approximate surface area is 336 Å². The van der Waals surface area contributed by atoms with Gasteiger partial charge in [-0.3, -0.25) is 0 Å². The molecule has 4 saturated carbocycles. The smallest absolute Gasteiger partial charge is 0.192 e. The predicted molar refractivity (Wildman–Crippen MR) is 235 cm³/mol. The molecule has 0 aromatic heterocycles. The maximum atomic E-state index is 7.14. The van der Waals surface area contributed by atoms with E-state index in [4.69, 9.17) is 24.9 Å². The van der Waals surface area contributed by atoms with Crippen LogP contribution in [0.5, 0.6) is 0 Å². The van der Waals surface area contributed by atoms with Crippen molar-refractivity contribution in [2.45, 2.75) is 213 Å². The molecule has 1 aliphatic heterocycles. The Morgan fingerprint density at radius 2 is 1.54 bits per heavy atom. The molecule has 0 N–H and O–H groups in total. The summed E-state index contributed by atoms with van der Waals surface area (Å²) >= 11 is 0. The van der Waals surface area contributed by atoms with Crippen molar-refractivity contribution in [3.63, 3.8) is 0 Å². The van der Waals surface area contributed by atoms with Crippen LogP contribution in [0.3, 0.4) is 0 Å². The molecule has 0 amide bonds. The predicted octanol–water partition coefficient (Wildman–Crippen LogP) is 14.3. The fraction of sp³-hybridized carbons (Fsp3) is 0.833. The number of allylic oxidation sites excluding steroid dienone is 5. The molecule has 1 saturated heterocycles. The number of ether oxygens (including phenoxy) is 2. The second kappa shape index (κ2) is 16.8. The fourth-order valence-corrected chi connectivity index (χ4v) is 13.1. The monoisotopic (exact) mass is 781 g/mol. The van der Waals surface area contributed by atoms with Gasteiger partial charge in [0.25, 0.3) is 0 Å². The summed E-state index contributed by atoms with van der Waals surface area (Å²) in [5.41, 5.74) is 4.77. The van der Waals surface area contributed by atoms with Crippen molar-refractivity contribution < 1.29 is 18.3 Å². The van der Waals surface area contributed by atoms with Gasteiger partial charge in [0.05, 0.1) is 25.4 Å². The molecule has 6 atom stereocenters. The Morgan fingerprint density at radius 1 is 0.889 bits per heavy atom. The second-order valence-electron chi connectivity index (χ2n) is 21.9. The van der Waals surface area contributed by atoms with Gasteiger partial charge < -0.3 is 18.3 Å². The Morgan fingerprint density at radius 3 is 2.15 bits per heavy atom. The van der Waals surface area contributed by atoms with Crippen LogP contribution in [0.2, 0.25) is 36.3 Å². The van der Waals surface area contributed by atoms with E-state index in [1.165, 1.54) is 81.8 Å². The van der Waals surface area contributed by atoms with Gasteiger partial charge in [-0.25, -0.2) is 0 Å². The molecule has 4 aliphatic carbocycles. The molecular weight excluding hydrogens is 697 g/mol. The van der Waals surface area contributed by atoms with Crippen molar-refractivity contribution in [1.82, 2.24) is 0 Å². The molecule has 4 nitrogen and oxygen atoms in total. The number of hydrogen-bond donors (Lipinski definition) is 0. The molecule has 6 heteroatoms. The zero-order valence-electron chi connectivity index (χ0n) is 37.6. The lowest BCUT2D eigenvalue weighted by Crippen LogP contribution is -2.49. The summed E-state index contributed by atoms with van der Waals surface area (Å²) in [7, 11) is -3.93. The lowest BCUT2D eigenvalue weighted by Gasteiger charge is -2.45. The van der Waals surface area contributed by atoms with Crippen LogP contribution in [0.15, 0.2) is 47.6 Å². The van der Waals surface area contributed by atoms with Crippen molar-refractivity contribution in [3.8, 4) is 0 Å². The molecule has 0 aromatic carbocycles. The molecule has 308 valence electrons. The minimum absolute atomic E-state index is 0.0247. The van der Waals surface area contributed by atoms with Crippen LogP contribution in [0.4, 0.5) is 0 Å². The van der Waals surface area contributed by atoms with Gasteiger partial charge >= 0.3 is 0 Å². The molecule has 0 radical (unpaired) electrons. The molecule has 0 bridgehead atoms. The quantitative estimate of drug-likeness (QED) is 0.0942. The third-order valence-corrected chi connectivity index (χ3v) is 25.2. The van der Waals surface area contributed by atoms with Crippen molar-refractivity contribution in [2.75, 3.05) is 13.2 Å². The normalized spacial score (nSPS) is 32.5. The van der Waals surface area contributed by atoms with Crippen LogP contribution in [0.25, 0.3) is 0 Å². The molecule has 0 spiro atoms. The minimum atomic E-state index is -1.99. The van der Waals surface area contributed by atoms with Gasteiger partial charge in [-0.15, -0.1) is 0 Å². The number of fused-ring (bicyclic) bond motifs is 1. The number of rotatable bonds is 15. The van der Waals surface area contributed by atoms with Crippen molar-refractivity contribution in [2.24, 2.45) is 28.6 Å². The number of hydrogen-bond acceptors (Lipinski definition) is 4. The minimum Gasteiger partial charge on any atom is -0.413 e. The van der Waals surface area contributed by atoms with Crippen molar-refractivity contribution in [1.29, 1.82) is 0 Å². The highest BCUT2D eigenvalue weighted by Gasteiger charge is 2.62. The Bertz CT molecular complexity index is 1380. The van der Waals surface area contributed by atoms with Gasteiger partial charge in [0.1, 0.15) is 0 Å². The van der Waals surface area contributed by atoms with Crippen LogP contribution >= 0.6 is 0 Å². The summed E-state index contributed by atoms with van der Waals surface area (Å²) in [5, 5.41) is 0.327. The van der Waals surface area contributed by atoms with E-state index in [2.05, 4.69) is 113 Å². The first-order chi connectivity index (χ1) is 25.1. The van der Waals surface area contributed by atoms with Crippen LogP contribution in [-0.2, 0) is 18.3 Å². The van der Waals surface area contributed by atoms with Gasteiger partial charge in [-0.05, 0) is 135 Å². The Hall–Kier alpha value is -0.766. The summed E-state index contributed by atoms with van der Waals surface area (Å²) in [6.45, 7) is 37.3. The first kappa shape index (κ1) is 44.3. The Kier molecular flexibility index (Phi) is 13.8. The summed E-state index contributed by atoms with van der Waals surface area (Å²) in [6, 6.07) is 0.